The summed E-state index contributed by atoms with van der Waals surface area (Å²) < 4.78 is 20.7. The summed E-state index contributed by atoms with van der Waals surface area (Å²) in [5, 5.41) is 7.22. The molecule has 0 heterocycles. The van der Waals surface area contributed by atoms with E-state index in [0.29, 0.717) is 16.3 Å². The van der Waals surface area contributed by atoms with Crippen molar-refractivity contribution >= 4 is 45.6 Å². The van der Waals surface area contributed by atoms with Crippen LogP contribution in [0.3, 0.4) is 0 Å². The largest absolute Gasteiger partial charge is 0.488 e. The molecule has 0 aliphatic heterocycles. The number of carbonyl (C=O) groups excluding carboxylic acids is 2. The first-order valence-corrected chi connectivity index (χ1v) is 12.0. The second-order valence-corrected chi connectivity index (χ2v) is 9.29. The summed E-state index contributed by atoms with van der Waals surface area (Å²) in [7, 11) is 0. The van der Waals surface area contributed by atoms with Gasteiger partial charge < -0.3 is 10.1 Å². The number of amides is 2. The molecule has 182 valence electrons. The van der Waals surface area contributed by atoms with Crippen molar-refractivity contribution in [3.8, 4) is 5.75 Å². The van der Waals surface area contributed by atoms with E-state index in [-0.39, 0.29) is 18.1 Å². The Bertz CT molecular complexity index is 1240. The monoisotopic (exact) mass is 559 g/mol. The molecule has 0 aromatic heterocycles. The van der Waals surface area contributed by atoms with E-state index in [1.54, 1.807) is 38.1 Å². The minimum absolute atomic E-state index is 0.135. The number of carbonyl (C=O) groups is 2. The Balaban J connectivity index is 1.68. The minimum atomic E-state index is -0.919. The van der Waals surface area contributed by atoms with Crippen molar-refractivity contribution in [2.24, 2.45) is 11.0 Å². The van der Waals surface area contributed by atoms with Crippen molar-refractivity contribution in [2.45, 2.75) is 26.5 Å². The number of benzene rings is 3. The maximum absolute atomic E-state index is 13.9. The van der Waals surface area contributed by atoms with Gasteiger partial charge in [0.25, 0.3) is 11.8 Å². The fraction of sp³-hybridized carbons (Fsp3) is 0.192. The van der Waals surface area contributed by atoms with Crippen LogP contribution in [0.15, 0.2) is 76.3 Å². The molecule has 1 atom stereocenters. The van der Waals surface area contributed by atoms with E-state index in [1.165, 1.54) is 24.4 Å². The van der Waals surface area contributed by atoms with Gasteiger partial charge in [0.15, 0.2) is 0 Å². The molecule has 2 N–H and O–H groups in total. The summed E-state index contributed by atoms with van der Waals surface area (Å²) in [5.74, 6) is -1.59. The fourth-order valence-electron chi connectivity index (χ4n) is 3.16. The third kappa shape index (κ3) is 7.37. The number of nitrogens with zero attached hydrogens (tertiary/aromatic N) is 1. The zero-order chi connectivity index (χ0) is 25.4. The zero-order valence-electron chi connectivity index (χ0n) is 19.1. The number of nitrogens with one attached hydrogen (secondary N) is 2. The van der Waals surface area contributed by atoms with Crippen molar-refractivity contribution < 1.29 is 18.7 Å². The zero-order valence-corrected chi connectivity index (χ0v) is 21.4. The van der Waals surface area contributed by atoms with E-state index in [1.807, 2.05) is 24.3 Å². The van der Waals surface area contributed by atoms with Crippen LogP contribution >= 0.6 is 27.5 Å². The molecule has 0 fully saturated rings. The van der Waals surface area contributed by atoms with Crippen LogP contribution in [0.5, 0.6) is 5.75 Å². The van der Waals surface area contributed by atoms with Crippen molar-refractivity contribution in [2.75, 3.05) is 0 Å². The molecule has 9 heteroatoms. The van der Waals surface area contributed by atoms with Gasteiger partial charge in [0.2, 0.25) is 0 Å². The Hall–Kier alpha value is -3.23. The van der Waals surface area contributed by atoms with Gasteiger partial charge in [-0.15, -0.1) is 0 Å². The highest BCUT2D eigenvalue weighted by molar-refractivity contribution is 9.10. The molecular weight excluding hydrogens is 537 g/mol. The molecule has 0 bridgehead atoms. The van der Waals surface area contributed by atoms with Crippen LogP contribution in [0.25, 0.3) is 0 Å². The van der Waals surface area contributed by atoms with Crippen LogP contribution in [-0.4, -0.2) is 24.1 Å². The fourth-order valence-corrected chi connectivity index (χ4v) is 3.73. The van der Waals surface area contributed by atoms with Crippen LogP contribution in [-0.2, 0) is 11.4 Å². The molecule has 3 rings (SSSR count). The summed E-state index contributed by atoms with van der Waals surface area (Å²) in [6, 6.07) is 17.4. The van der Waals surface area contributed by atoms with Crippen LogP contribution in [0.1, 0.15) is 35.3 Å². The Morgan fingerprint density at radius 2 is 1.83 bits per heavy atom. The van der Waals surface area contributed by atoms with E-state index in [2.05, 4.69) is 31.8 Å². The van der Waals surface area contributed by atoms with Gasteiger partial charge in [0, 0.05) is 20.6 Å². The number of hydrazone groups is 1. The lowest BCUT2D eigenvalue weighted by Gasteiger charge is -2.20. The van der Waals surface area contributed by atoms with Crippen molar-refractivity contribution in [3.05, 3.63) is 98.7 Å². The van der Waals surface area contributed by atoms with E-state index in [4.69, 9.17) is 16.3 Å². The molecule has 0 saturated carbocycles. The van der Waals surface area contributed by atoms with Crippen LogP contribution in [0.2, 0.25) is 5.02 Å². The summed E-state index contributed by atoms with van der Waals surface area (Å²) in [5.41, 5.74) is 3.75. The second kappa shape index (κ2) is 12.5. The Morgan fingerprint density at radius 3 is 2.54 bits per heavy atom. The first-order valence-electron chi connectivity index (χ1n) is 10.8. The molecule has 0 spiro atoms. The molecule has 1 unspecified atom stereocenters. The first-order chi connectivity index (χ1) is 16.8. The van der Waals surface area contributed by atoms with E-state index >= 15 is 0 Å². The molecule has 2 amide bonds. The van der Waals surface area contributed by atoms with Crippen molar-refractivity contribution in [3.63, 3.8) is 0 Å². The molecule has 0 saturated heterocycles. The summed E-state index contributed by atoms with van der Waals surface area (Å²) >= 11 is 9.62. The lowest BCUT2D eigenvalue weighted by Crippen LogP contribution is -2.48. The van der Waals surface area contributed by atoms with Crippen molar-refractivity contribution in [1.29, 1.82) is 0 Å². The van der Waals surface area contributed by atoms with Crippen molar-refractivity contribution in [1.82, 2.24) is 10.7 Å². The van der Waals surface area contributed by atoms with E-state index in [0.717, 1.165) is 10.0 Å². The van der Waals surface area contributed by atoms with Gasteiger partial charge in [-0.1, -0.05) is 71.7 Å². The standard InChI is InChI=1S/C26H24BrClFN3O3/c1-16(2)24(31-25(33)20-8-4-6-10-22(20)29)26(34)32-30-14-18-13-19(27)11-12-23(18)35-15-17-7-3-5-9-21(17)28/h3-14,16,24H,15H2,1-2H3,(H,31,33)(H,32,34). The Labute approximate surface area is 216 Å². The minimum Gasteiger partial charge on any atom is -0.488 e. The maximum atomic E-state index is 13.9. The third-order valence-electron chi connectivity index (χ3n) is 5.05. The molecule has 6 nitrogen and oxygen atoms in total. The van der Waals surface area contributed by atoms with Crippen LogP contribution < -0.4 is 15.5 Å². The number of ether oxygens (including phenoxy) is 1. The maximum Gasteiger partial charge on any atom is 0.262 e. The lowest BCUT2D eigenvalue weighted by molar-refractivity contribution is -0.123. The first kappa shape index (κ1) is 26.4. The van der Waals surface area contributed by atoms with Gasteiger partial charge in [-0.2, -0.15) is 5.10 Å². The number of hydrogen-bond acceptors (Lipinski definition) is 4. The topological polar surface area (TPSA) is 79.8 Å². The van der Waals surface area contributed by atoms with Gasteiger partial charge in [-0.25, -0.2) is 9.82 Å². The quantitative estimate of drug-likeness (QED) is 0.259. The van der Waals surface area contributed by atoms with Gasteiger partial charge in [0.1, 0.15) is 24.2 Å². The summed E-state index contributed by atoms with van der Waals surface area (Å²) in [6.45, 7) is 3.79. The molecule has 3 aromatic rings. The van der Waals surface area contributed by atoms with Gasteiger partial charge in [-0.3, -0.25) is 9.59 Å². The van der Waals surface area contributed by atoms with Crippen LogP contribution in [0.4, 0.5) is 4.39 Å². The highest BCUT2D eigenvalue weighted by Gasteiger charge is 2.25. The number of halogens is 3. The smallest absolute Gasteiger partial charge is 0.262 e. The van der Waals surface area contributed by atoms with Gasteiger partial charge >= 0.3 is 0 Å². The SMILES string of the molecule is CC(C)C(NC(=O)c1ccccc1F)C(=O)NN=Cc1cc(Br)ccc1OCc1ccccc1Cl. The van der Waals surface area contributed by atoms with E-state index < -0.39 is 23.7 Å². The molecule has 3 aromatic carbocycles. The lowest BCUT2D eigenvalue weighted by atomic mass is 10.0. The predicted molar refractivity (Wildman–Crippen MR) is 138 cm³/mol. The van der Waals surface area contributed by atoms with Gasteiger partial charge in [-0.05, 0) is 42.3 Å². The molecule has 0 radical (unpaired) electrons. The molecular formula is C26H24BrClFN3O3. The second-order valence-electron chi connectivity index (χ2n) is 7.97. The number of rotatable bonds is 9. The Kier molecular flexibility index (Phi) is 9.39. The predicted octanol–water partition coefficient (Wildman–Crippen LogP) is 5.73. The van der Waals surface area contributed by atoms with Crippen LogP contribution in [0, 0.1) is 11.7 Å². The number of hydrogen-bond donors (Lipinski definition) is 2. The molecule has 35 heavy (non-hydrogen) atoms. The van der Waals surface area contributed by atoms with E-state index in [9.17, 15) is 14.0 Å². The normalized spacial score (nSPS) is 11.9. The highest BCUT2D eigenvalue weighted by atomic mass is 79.9. The Morgan fingerprint density at radius 1 is 1.11 bits per heavy atom. The van der Waals surface area contributed by atoms with Gasteiger partial charge in [0.05, 0.1) is 11.8 Å². The third-order valence-corrected chi connectivity index (χ3v) is 5.91. The molecule has 0 aliphatic rings. The average molecular weight is 561 g/mol. The highest BCUT2D eigenvalue weighted by Crippen LogP contribution is 2.24. The summed E-state index contributed by atoms with van der Waals surface area (Å²) in [6.07, 6.45) is 1.45. The molecule has 0 aliphatic carbocycles. The average Bonchev–Trinajstić information content (AvgIpc) is 2.82. The summed E-state index contributed by atoms with van der Waals surface area (Å²) in [4.78, 5) is 25.2.